The standard InChI is InChI=1S/C21H20N2O5S/c1-15-11-18(27-14-21(24)23-17-7-9-22-10-8-17)13-19(12-15)28-29(25,26)20-6-4-3-5-16(20)2/h3-13H,14H2,1-2H3,(H,22,23,24). The molecule has 3 aromatic rings. The molecule has 7 nitrogen and oxygen atoms in total. The molecule has 1 amide bonds. The lowest BCUT2D eigenvalue weighted by Gasteiger charge is -2.12. The van der Waals surface area contributed by atoms with Crippen molar-refractivity contribution in [3.63, 3.8) is 0 Å². The van der Waals surface area contributed by atoms with E-state index in [1.165, 1.54) is 12.1 Å². The fraction of sp³-hybridized carbons (Fsp3) is 0.143. The number of pyridine rings is 1. The van der Waals surface area contributed by atoms with Gasteiger partial charge in [-0.1, -0.05) is 18.2 Å². The largest absolute Gasteiger partial charge is 0.484 e. The van der Waals surface area contributed by atoms with Crippen LogP contribution >= 0.6 is 0 Å². The van der Waals surface area contributed by atoms with Crippen molar-refractivity contribution in [3.05, 3.63) is 78.1 Å². The minimum atomic E-state index is -3.99. The number of ether oxygens (including phenoxy) is 1. The summed E-state index contributed by atoms with van der Waals surface area (Å²) in [6.45, 7) is 3.23. The van der Waals surface area contributed by atoms with Crippen LogP contribution in [0.5, 0.6) is 11.5 Å². The highest BCUT2D eigenvalue weighted by Crippen LogP contribution is 2.26. The van der Waals surface area contributed by atoms with Crippen LogP contribution in [0.1, 0.15) is 11.1 Å². The second-order valence-corrected chi connectivity index (χ2v) is 7.87. The van der Waals surface area contributed by atoms with Crippen LogP contribution in [0.3, 0.4) is 0 Å². The molecule has 0 bridgehead atoms. The number of benzene rings is 2. The maximum absolute atomic E-state index is 12.6. The number of nitrogens with one attached hydrogen (secondary N) is 1. The molecule has 1 aromatic heterocycles. The molecule has 0 aliphatic heterocycles. The number of aromatic nitrogens is 1. The molecule has 0 saturated heterocycles. The molecule has 0 atom stereocenters. The van der Waals surface area contributed by atoms with E-state index in [0.29, 0.717) is 17.0 Å². The van der Waals surface area contributed by atoms with E-state index in [0.717, 1.165) is 5.56 Å². The van der Waals surface area contributed by atoms with Crippen molar-refractivity contribution < 1.29 is 22.1 Å². The van der Waals surface area contributed by atoms with Crippen molar-refractivity contribution in [1.82, 2.24) is 4.98 Å². The third-order valence-electron chi connectivity index (χ3n) is 3.93. The molecule has 3 rings (SSSR count). The van der Waals surface area contributed by atoms with E-state index in [1.807, 2.05) is 0 Å². The molecule has 0 unspecified atom stereocenters. The average molecular weight is 412 g/mol. The smallest absolute Gasteiger partial charge is 0.339 e. The molecule has 0 radical (unpaired) electrons. The van der Waals surface area contributed by atoms with E-state index in [2.05, 4.69) is 10.3 Å². The third-order valence-corrected chi connectivity index (χ3v) is 5.34. The van der Waals surface area contributed by atoms with Crippen LogP contribution in [0, 0.1) is 13.8 Å². The number of carbonyl (C=O) groups is 1. The second-order valence-electron chi connectivity index (χ2n) is 6.36. The minimum absolute atomic E-state index is 0.0979. The summed E-state index contributed by atoms with van der Waals surface area (Å²) in [5.74, 6) is 0.0790. The molecular weight excluding hydrogens is 392 g/mol. The number of rotatable bonds is 7. The summed E-state index contributed by atoms with van der Waals surface area (Å²) in [5, 5.41) is 2.68. The second kappa shape index (κ2) is 8.74. The zero-order valence-corrected chi connectivity index (χ0v) is 16.8. The third kappa shape index (κ3) is 5.55. The SMILES string of the molecule is Cc1cc(OCC(=O)Nc2ccncc2)cc(OS(=O)(=O)c2ccccc2C)c1. The van der Waals surface area contributed by atoms with E-state index < -0.39 is 10.1 Å². The van der Waals surface area contributed by atoms with Crippen molar-refractivity contribution in [2.24, 2.45) is 0 Å². The highest BCUT2D eigenvalue weighted by atomic mass is 32.2. The Morgan fingerprint density at radius 2 is 1.69 bits per heavy atom. The number of nitrogens with zero attached hydrogens (tertiary/aromatic N) is 1. The van der Waals surface area contributed by atoms with E-state index in [1.54, 1.807) is 68.7 Å². The summed E-state index contributed by atoms with van der Waals surface area (Å²) in [7, 11) is -3.99. The minimum Gasteiger partial charge on any atom is -0.484 e. The average Bonchev–Trinajstić information content (AvgIpc) is 2.66. The fourth-order valence-electron chi connectivity index (χ4n) is 2.64. The zero-order chi connectivity index (χ0) is 20.9. The van der Waals surface area contributed by atoms with Gasteiger partial charge < -0.3 is 14.2 Å². The van der Waals surface area contributed by atoms with Crippen LogP contribution in [-0.2, 0) is 14.9 Å². The topological polar surface area (TPSA) is 94.6 Å². The molecule has 150 valence electrons. The van der Waals surface area contributed by atoms with Gasteiger partial charge >= 0.3 is 10.1 Å². The quantitative estimate of drug-likeness (QED) is 0.597. The first kappa shape index (κ1) is 20.3. The first-order chi connectivity index (χ1) is 13.8. The molecule has 0 fully saturated rings. The Kier molecular flexibility index (Phi) is 6.13. The van der Waals surface area contributed by atoms with Crippen LogP contribution in [-0.4, -0.2) is 25.9 Å². The van der Waals surface area contributed by atoms with Gasteiger partial charge in [0.2, 0.25) is 0 Å². The van der Waals surface area contributed by atoms with Crippen molar-refractivity contribution >= 4 is 21.7 Å². The van der Waals surface area contributed by atoms with Crippen LogP contribution < -0.4 is 14.2 Å². The Labute approximate surface area is 169 Å². The van der Waals surface area contributed by atoms with Gasteiger partial charge in [-0.25, -0.2) is 0 Å². The number of amides is 1. The molecule has 0 saturated carbocycles. The van der Waals surface area contributed by atoms with Gasteiger partial charge in [-0.3, -0.25) is 9.78 Å². The number of aryl methyl sites for hydroxylation is 2. The van der Waals surface area contributed by atoms with E-state index in [4.69, 9.17) is 8.92 Å². The highest BCUT2D eigenvalue weighted by molar-refractivity contribution is 7.87. The lowest BCUT2D eigenvalue weighted by molar-refractivity contribution is -0.118. The predicted molar refractivity (Wildman–Crippen MR) is 109 cm³/mol. The van der Waals surface area contributed by atoms with Gasteiger partial charge in [-0.05, 0) is 55.3 Å². The van der Waals surface area contributed by atoms with Crippen LogP contribution in [0.4, 0.5) is 5.69 Å². The number of hydrogen-bond acceptors (Lipinski definition) is 6. The molecule has 1 N–H and O–H groups in total. The molecule has 1 heterocycles. The van der Waals surface area contributed by atoms with Gasteiger partial charge in [0.15, 0.2) is 6.61 Å². The van der Waals surface area contributed by atoms with Crippen molar-refractivity contribution in [2.45, 2.75) is 18.7 Å². The van der Waals surface area contributed by atoms with Gasteiger partial charge in [0.1, 0.15) is 16.4 Å². The lowest BCUT2D eigenvalue weighted by Crippen LogP contribution is -2.20. The van der Waals surface area contributed by atoms with Gasteiger partial charge in [-0.15, -0.1) is 0 Å². The van der Waals surface area contributed by atoms with E-state index in [-0.39, 0.29) is 23.2 Å². The first-order valence-electron chi connectivity index (χ1n) is 8.78. The van der Waals surface area contributed by atoms with Crippen molar-refractivity contribution in [3.8, 4) is 11.5 Å². The highest BCUT2D eigenvalue weighted by Gasteiger charge is 2.19. The maximum atomic E-state index is 12.6. The lowest BCUT2D eigenvalue weighted by atomic mass is 10.2. The maximum Gasteiger partial charge on any atom is 0.339 e. The monoisotopic (exact) mass is 412 g/mol. The summed E-state index contributed by atoms with van der Waals surface area (Å²) < 4.78 is 35.9. The fourth-order valence-corrected chi connectivity index (χ4v) is 3.78. The summed E-state index contributed by atoms with van der Waals surface area (Å²) >= 11 is 0. The molecule has 0 aliphatic rings. The molecular formula is C21H20N2O5S. The van der Waals surface area contributed by atoms with Crippen molar-refractivity contribution in [1.29, 1.82) is 0 Å². The Bertz CT molecular complexity index is 1110. The van der Waals surface area contributed by atoms with Gasteiger partial charge in [0.05, 0.1) is 0 Å². The summed E-state index contributed by atoms with van der Waals surface area (Å²) in [4.78, 5) is 16.0. The van der Waals surface area contributed by atoms with Gasteiger partial charge in [0, 0.05) is 24.1 Å². The Balaban J connectivity index is 1.70. The molecule has 29 heavy (non-hydrogen) atoms. The molecule has 0 spiro atoms. The van der Waals surface area contributed by atoms with E-state index in [9.17, 15) is 13.2 Å². The predicted octanol–water partition coefficient (Wildman–Crippen LogP) is 3.48. The first-order valence-corrected chi connectivity index (χ1v) is 10.2. The zero-order valence-electron chi connectivity index (χ0n) is 16.0. The molecule has 2 aromatic carbocycles. The van der Waals surface area contributed by atoms with Gasteiger partial charge in [0.25, 0.3) is 5.91 Å². The summed E-state index contributed by atoms with van der Waals surface area (Å²) in [5.41, 5.74) is 1.92. The Hall–Kier alpha value is -3.39. The van der Waals surface area contributed by atoms with Crippen LogP contribution in [0.25, 0.3) is 0 Å². The van der Waals surface area contributed by atoms with Crippen molar-refractivity contribution in [2.75, 3.05) is 11.9 Å². The van der Waals surface area contributed by atoms with E-state index >= 15 is 0 Å². The Morgan fingerprint density at radius 3 is 2.41 bits per heavy atom. The summed E-state index contributed by atoms with van der Waals surface area (Å²) in [6.07, 6.45) is 3.13. The van der Waals surface area contributed by atoms with Crippen LogP contribution in [0.2, 0.25) is 0 Å². The normalized spacial score (nSPS) is 11.0. The van der Waals surface area contributed by atoms with Gasteiger partial charge in [-0.2, -0.15) is 8.42 Å². The molecule has 8 heteroatoms. The van der Waals surface area contributed by atoms with Crippen LogP contribution in [0.15, 0.2) is 71.9 Å². The number of anilines is 1. The molecule has 0 aliphatic carbocycles. The number of hydrogen-bond donors (Lipinski definition) is 1. The Morgan fingerprint density at radius 1 is 1.00 bits per heavy atom. The summed E-state index contributed by atoms with van der Waals surface area (Å²) in [6, 6.07) is 14.6. The number of carbonyl (C=O) groups excluding carboxylic acids is 1.